The molecule has 0 bridgehead atoms. The lowest BCUT2D eigenvalue weighted by Gasteiger charge is -2.17. The van der Waals surface area contributed by atoms with Crippen molar-refractivity contribution in [3.05, 3.63) is 17.0 Å². The van der Waals surface area contributed by atoms with E-state index < -0.39 is 0 Å². The number of amides is 1. The second kappa shape index (κ2) is 7.16. The average Bonchev–Trinajstić information content (AvgIpc) is 2.69. The molecule has 1 aromatic rings. The van der Waals surface area contributed by atoms with Crippen LogP contribution in [-0.2, 0) is 0 Å². The highest BCUT2D eigenvalue weighted by molar-refractivity contribution is 5.96. The number of rotatable bonds is 7. The maximum Gasteiger partial charge on any atom is 0.255 e. The van der Waals surface area contributed by atoms with Crippen molar-refractivity contribution in [1.82, 2.24) is 20.4 Å². The van der Waals surface area contributed by atoms with Crippen LogP contribution in [0.3, 0.4) is 0 Å². The molecule has 0 aliphatic heterocycles. The molecule has 0 aliphatic carbocycles. The van der Waals surface area contributed by atoms with E-state index in [-0.39, 0.29) is 5.91 Å². The van der Waals surface area contributed by atoms with Gasteiger partial charge in [-0.15, -0.1) is 0 Å². The van der Waals surface area contributed by atoms with E-state index in [0.29, 0.717) is 12.1 Å². The highest BCUT2D eigenvalue weighted by atomic mass is 16.1. The van der Waals surface area contributed by atoms with Crippen LogP contribution < -0.4 is 5.32 Å². The van der Waals surface area contributed by atoms with Gasteiger partial charge in [0.1, 0.15) is 0 Å². The van der Waals surface area contributed by atoms with E-state index in [4.69, 9.17) is 0 Å². The Labute approximate surface area is 109 Å². The highest BCUT2D eigenvalue weighted by Crippen LogP contribution is 2.08. The number of H-pyrrole nitrogens is 1. The van der Waals surface area contributed by atoms with Crippen molar-refractivity contribution in [2.75, 3.05) is 26.2 Å². The van der Waals surface area contributed by atoms with E-state index in [2.05, 4.69) is 34.3 Å². The van der Waals surface area contributed by atoms with Gasteiger partial charge < -0.3 is 10.2 Å². The molecule has 102 valence electrons. The lowest BCUT2D eigenvalue weighted by Crippen LogP contribution is -2.30. The Hall–Kier alpha value is -1.36. The fourth-order valence-electron chi connectivity index (χ4n) is 2.02. The summed E-state index contributed by atoms with van der Waals surface area (Å²) in [6.07, 6.45) is 0.976. The van der Waals surface area contributed by atoms with Crippen molar-refractivity contribution in [1.29, 1.82) is 0 Å². The molecule has 0 aromatic carbocycles. The first-order chi connectivity index (χ1) is 8.60. The first kappa shape index (κ1) is 14.7. The van der Waals surface area contributed by atoms with Crippen LogP contribution in [0.2, 0.25) is 0 Å². The minimum absolute atomic E-state index is 0.0294. The third-order valence-corrected chi connectivity index (χ3v) is 3.19. The van der Waals surface area contributed by atoms with Crippen LogP contribution in [0.25, 0.3) is 0 Å². The monoisotopic (exact) mass is 252 g/mol. The van der Waals surface area contributed by atoms with Gasteiger partial charge in [0.05, 0.1) is 11.3 Å². The maximum absolute atomic E-state index is 11.9. The number of nitrogens with zero attached hydrogens (tertiary/aromatic N) is 2. The zero-order valence-electron chi connectivity index (χ0n) is 11.8. The van der Waals surface area contributed by atoms with Gasteiger partial charge in [-0.2, -0.15) is 5.10 Å². The molecule has 0 atom stereocenters. The number of hydrogen-bond donors (Lipinski definition) is 2. The second-order valence-electron chi connectivity index (χ2n) is 4.45. The summed E-state index contributed by atoms with van der Waals surface area (Å²) >= 11 is 0. The molecule has 0 saturated carbocycles. The van der Waals surface area contributed by atoms with E-state index in [1.165, 1.54) is 0 Å². The summed E-state index contributed by atoms with van der Waals surface area (Å²) in [6, 6.07) is 0. The molecule has 0 unspecified atom stereocenters. The van der Waals surface area contributed by atoms with Gasteiger partial charge in [0, 0.05) is 12.2 Å². The van der Waals surface area contributed by atoms with Crippen LogP contribution in [0.15, 0.2) is 0 Å². The van der Waals surface area contributed by atoms with Gasteiger partial charge >= 0.3 is 0 Å². The van der Waals surface area contributed by atoms with Crippen molar-refractivity contribution in [3.8, 4) is 0 Å². The van der Waals surface area contributed by atoms with E-state index in [0.717, 1.165) is 37.4 Å². The summed E-state index contributed by atoms with van der Waals surface area (Å²) in [7, 11) is 0. The SMILES string of the molecule is CCN(CC)CCCNC(=O)c1c(C)n[nH]c1C. The van der Waals surface area contributed by atoms with Crippen LogP contribution >= 0.6 is 0 Å². The third-order valence-electron chi connectivity index (χ3n) is 3.19. The van der Waals surface area contributed by atoms with E-state index in [1.807, 2.05) is 13.8 Å². The minimum atomic E-state index is -0.0294. The van der Waals surface area contributed by atoms with Gasteiger partial charge in [-0.1, -0.05) is 13.8 Å². The predicted octanol–water partition coefficient (Wildman–Crippen LogP) is 1.49. The number of aromatic nitrogens is 2. The van der Waals surface area contributed by atoms with Crippen molar-refractivity contribution < 1.29 is 4.79 Å². The Morgan fingerprint density at radius 3 is 2.50 bits per heavy atom. The lowest BCUT2D eigenvalue weighted by molar-refractivity contribution is 0.0950. The third kappa shape index (κ3) is 3.84. The van der Waals surface area contributed by atoms with Crippen molar-refractivity contribution in [2.24, 2.45) is 0 Å². The molecule has 1 heterocycles. The number of aromatic amines is 1. The van der Waals surface area contributed by atoms with Gasteiger partial charge in [-0.25, -0.2) is 0 Å². The number of hydrogen-bond acceptors (Lipinski definition) is 3. The zero-order chi connectivity index (χ0) is 13.5. The fraction of sp³-hybridized carbons (Fsp3) is 0.692. The Morgan fingerprint density at radius 2 is 2.00 bits per heavy atom. The maximum atomic E-state index is 11.9. The van der Waals surface area contributed by atoms with Crippen molar-refractivity contribution >= 4 is 5.91 Å². The number of nitrogens with one attached hydrogen (secondary N) is 2. The summed E-state index contributed by atoms with van der Waals surface area (Å²) in [5, 5.41) is 9.80. The van der Waals surface area contributed by atoms with Gasteiger partial charge in [0.2, 0.25) is 0 Å². The Morgan fingerprint density at radius 1 is 1.33 bits per heavy atom. The van der Waals surface area contributed by atoms with Crippen molar-refractivity contribution in [3.63, 3.8) is 0 Å². The van der Waals surface area contributed by atoms with E-state index in [9.17, 15) is 4.79 Å². The molecule has 1 aromatic heterocycles. The quantitative estimate of drug-likeness (QED) is 0.723. The first-order valence-corrected chi connectivity index (χ1v) is 6.62. The summed E-state index contributed by atoms with van der Waals surface area (Å²) in [5.74, 6) is -0.0294. The predicted molar refractivity (Wildman–Crippen MR) is 72.8 cm³/mol. The molecular formula is C13H24N4O. The number of aryl methyl sites for hydroxylation is 2. The molecule has 0 aliphatic rings. The summed E-state index contributed by atoms with van der Waals surface area (Å²) < 4.78 is 0. The fourth-order valence-corrected chi connectivity index (χ4v) is 2.02. The molecule has 2 N–H and O–H groups in total. The number of carbonyl (C=O) groups is 1. The van der Waals surface area contributed by atoms with Crippen LogP contribution in [0.5, 0.6) is 0 Å². The molecule has 5 nitrogen and oxygen atoms in total. The summed E-state index contributed by atoms with van der Waals surface area (Å²) in [6.45, 7) is 11.9. The van der Waals surface area contributed by atoms with Crippen molar-refractivity contribution in [2.45, 2.75) is 34.1 Å². The second-order valence-corrected chi connectivity index (χ2v) is 4.45. The number of carbonyl (C=O) groups excluding carboxylic acids is 1. The van der Waals surface area contributed by atoms with Gasteiger partial charge in [-0.05, 0) is 39.9 Å². The lowest BCUT2D eigenvalue weighted by atomic mass is 10.2. The van der Waals surface area contributed by atoms with Crippen LogP contribution in [0.4, 0.5) is 0 Å². The van der Waals surface area contributed by atoms with Gasteiger partial charge in [0.25, 0.3) is 5.91 Å². The minimum Gasteiger partial charge on any atom is -0.352 e. The molecule has 5 heteroatoms. The molecule has 0 radical (unpaired) electrons. The summed E-state index contributed by atoms with van der Waals surface area (Å²) in [5.41, 5.74) is 2.26. The standard InChI is InChI=1S/C13H24N4O/c1-5-17(6-2)9-7-8-14-13(18)12-10(3)15-16-11(12)4/h5-9H2,1-4H3,(H,14,18)(H,15,16). The largest absolute Gasteiger partial charge is 0.352 e. The van der Waals surface area contributed by atoms with Gasteiger partial charge in [0.15, 0.2) is 0 Å². The average molecular weight is 252 g/mol. The smallest absolute Gasteiger partial charge is 0.255 e. The van der Waals surface area contributed by atoms with Crippen LogP contribution in [0.1, 0.15) is 42.0 Å². The zero-order valence-corrected chi connectivity index (χ0v) is 11.8. The molecule has 0 fully saturated rings. The molecule has 0 saturated heterocycles. The Balaban J connectivity index is 2.34. The van der Waals surface area contributed by atoms with Gasteiger partial charge in [-0.3, -0.25) is 9.89 Å². The molecular weight excluding hydrogens is 228 g/mol. The topological polar surface area (TPSA) is 61.0 Å². The van der Waals surface area contributed by atoms with E-state index in [1.54, 1.807) is 0 Å². The molecule has 18 heavy (non-hydrogen) atoms. The van der Waals surface area contributed by atoms with E-state index >= 15 is 0 Å². The molecule has 1 amide bonds. The molecule has 1 rings (SSSR count). The highest BCUT2D eigenvalue weighted by Gasteiger charge is 2.14. The summed E-state index contributed by atoms with van der Waals surface area (Å²) in [4.78, 5) is 14.3. The normalized spacial score (nSPS) is 10.9. The van der Waals surface area contributed by atoms with Crippen LogP contribution in [0, 0.1) is 13.8 Å². The first-order valence-electron chi connectivity index (χ1n) is 6.62. The molecule has 0 spiro atoms. The Bertz CT molecular complexity index is 363. The van der Waals surface area contributed by atoms with Crippen LogP contribution in [-0.4, -0.2) is 47.2 Å². The Kier molecular flexibility index (Phi) is 5.85.